The van der Waals surface area contributed by atoms with Gasteiger partial charge in [0, 0.05) is 32.7 Å². The molecule has 1 unspecified atom stereocenters. The Kier molecular flexibility index (Phi) is 7.40. The Bertz CT molecular complexity index is 801. The van der Waals surface area contributed by atoms with Crippen LogP contribution in [0.2, 0.25) is 5.02 Å². The number of amides is 2. The van der Waals surface area contributed by atoms with Gasteiger partial charge >= 0.3 is 6.03 Å². The van der Waals surface area contributed by atoms with Crippen LogP contribution in [0, 0.1) is 0 Å². The average molecular weight is 415 g/mol. The van der Waals surface area contributed by atoms with Crippen LogP contribution in [0.15, 0.2) is 48.5 Å². The summed E-state index contributed by atoms with van der Waals surface area (Å²) < 4.78 is 0. The number of piperazine rings is 1. The minimum absolute atomic E-state index is 0.000775. The first-order chi connectivity index (χ1) is 14.0. The van der Waals surface area contributed by atoms with Crippen molar-refractivity contribution in [3.63, 3.8) is 0 Å². The molecule has 1 saturated heterocycles. The zero-order chi connectivity index (χ0) is 20.8. The molecule has 1 heterocycles. The molecule has 29 heavy (non-hydrogen) atoms. The average Bonchev–Trinajstić information content (AvgIpc) is 2.74. The number of para-hydroxylation sites is 1. The van der Waals surface area contributed by atoms with Gasteiger partial charge in [-0.25, -0.2) is 4.79 Å². The Labute approximate surface area is 179 Å². The molecular formula is C23H31ClN4O. The van der Waals surface area contributed by atoms with Crippen molar-refractivity contribution < 1.29 is 4.79 Å². The molecule has 2 amide bonds. The topological polar surface area (TPSA) is 38.8 Å². The van der Waals surface area contributed by atoms with Crippen molar-refractivity contribution in [2.75, 3.05) is 51.7 Å². The maximum Gasteiger partial charge on any atom is 0.317 e. The van der Waals surface area contributed by atoms with E-state index in [4.69, 9.17) is 11.6 Å². The number of hydrogen-bond donors (Lipinski definition) is 1. The molecule has 2 aromatic carbocycles. The lowest BCUT2D eigenvalue weighted by Gasteiger charge is -2.37. The summed E-state index contributed by atoms with van der Waals surface area (Å²) in [6.07, 6.45) is 1.03. The van der Waals surface area contributed by atoms with Crippen molar-refractivity contribution in [3.05, 3.63) is 64.7 Å². The first-order valence-electron chi connectivity index (χ1n) is 10.3. The molecule has 1 atom stereocenters. The summed E-state index contributed by atoms with van der Waals surface area (Å²) in [7, 11) is 4.10. The van der Waals surface area contributed by atoms with E-state index in [9.17, 15) is 4.79 Å². The van der Waals surface area contributed by atoms with Gasteiger partial charge in [-0.2, -0.15) is 0 Å². The van der Waals surface area contributed by atoms with E-state index in [1.54, 1.807) is 0 Å². The van der Waals surface area contributed by atoms with E-state index in [2.05, 4.69) is 46.3 Å². The van der Waals surface area contributed by atoms with Gasteiger partial charge < -0.3 is 20.0 Å². The number of aryl methyl sites for hydroxylation is 1. The highest BCUT2D eigenvalue weighted by Crippen LogP contribution is 2.26. The summed E-state index contributed by atoms with van der Waals surface area (Å²) in [6, 6.07) is 16.7. The maximum absolute atomic E-state index is 12.7. The Morgan fingerprint density at radius 2 is 1.72 bits per heavy atom. The van der Waals surface area contributed by atoms with Crippen LogP contribution in [0.4, 0.5) is 10.5 Å². The lowest BCUT2D eigenvalue weighted by atomic mass is 10.0. The number of hydrogen-bond acceptors (Lipinski definition) is 3. The predicted octanol–water partition coefficient (Wildman–Crippen LogP) is 4.04. The van der Waals surface area contributed by atoms with E-state index in [0.717, 1.165) is 30.2 Å². The highest BCUT2D eigenvalue weighted by molar-refractivity contribution is 6.33. The molecule has 2 aromatic rings. The molecule has 1 aliphatic heterocycles. The Balaban J connectivity index is 1.53. The normalized spacial score (nSPS) is 15.5. The molecule has 1 N–H and O–H groups in total. The molecule has 0 bridgehead atoms. The number of halogens is 1. The molecule has 5 nitrogen and oxygen atoms in total. The number of carbonyl (C=O) groups is 1. The first kappa shape index (κ1) is 21.5. The standard InChI is InChI=1S/C23H31ClN4O/c1-4-18-9-11-19(12-10-18)22(26(2)3)17-25-23(29)28-15-13-27(14-16-28)21-8-6-5-7-20(21)24/h5-12,22H,4,13-17H2,1-3H3,(H,25,29). The van der Waals surface area contributed by atoms with Crippen molar-refractivity contribution >= 4 is 23.3 Å². The minimum Gasteiger partial charge on any atom is -0.367 e. The van der Waals surface area contributed by atoms with Gasteiger partial charge in [0.1, 0.15) is 0 Å². The Morgan fingerprint density at radius 1 is 1.07 bits per heavy atom. The highest BCUT2D eigenvalue weighted by Gasteiger charge is 2.23. The van der Waals surface area contributed by atoms with E-state index in [0.29, 0.717) is 19.6 Å². The third kappa shape index (κ3) is 5.43. The number of urea groups is 1. The van der Waals surface area contributed by atoms with Crippen molar-refractivity contribution in [2.45, 2.75) is 19.4 Å². The lowest BCUT2D eigenvalue weighted by Crippen LogP contribution is -2.52. The van der Waals surface area contributed by atoms with E-state index < -0.39 is 0 Å². The number of rotatable bonds is 6. The van der Waals surface area contributed by atoms with Crippen molar-refractivity contribution in [3.8, 4) is 0 Å². The number of likely N-dealkylation sites (N-methyl/N-ethyl adjacent to an activating group) is 1. The van der Waals surface area contributed by atoms with Gasteiger partial charge in [-0.05, 0) is 43.8 Å². The number of anilines is 1. The fourth-order valence-electron chi connectivity index (χ4n) is 3.73. The molecule has 0 saturated carbocycles. The van der Waals surface area contributed by atoms with Gasteiger partial charge in [0.15, 0.2) is 0 Å². The van der Waals surface area contributed by atoms with Crippen LogP contribution in [-0.4, -0.2) is 62.7 Å². The molecule has 0 aliphatic carbocycles. The highest BCUT2D eigenvalue weighted by atomic mass is 35.5. The summed E-state index contributed by atoms with van der Waals surface area (Å²) in [6.45, 7) is 5.69. The molecule has 1 aliphatic rings. The minimum atomic E-state index is 0.000775. The smallest absolute Gasteiger partial charge is 0.317 e. The fourth-order valence-corrected chi connectivity index (χ4v) is 3.98. The largest absolute Gasteiger partial charge is 0.367 e. The maximum atomic E-state index is 12.7. The zero-order valence-corrected chi connectivity index (χ0v) is 18.3. The monoisotopic (exact) mass is 414 g/mol. The van der Waals surface area contributed by atoms with Gasteiger partial charge in [-0.1, -0.05) is 54.9 Å². The Morgan fingerprint density at radius 3 is 2.31 bits per heavy atom. The van der Waals surface area contributed by atoms with Crippen molar-refractivity contribution in [1.29, 1.82) is 0 Å². The molecule has 3 rings (SSSR count). The van der Waals surface area contributed by atoms with Crippen LogP contribution < -0.4 is 10.2 Å². The third-order valence-corrected chi connectivity index (χ3v) is 5.92. The van der Waals surface area contributed by atoms with Gasteiger partial charge in [0.2, 0.25) is 0 Å². The van der Waals surface area contributed by atoms with Crippen LogP contribution in [0.5, 0.6) is 0 Å². The Hall–Kier alpha value is -2.24. The van der Waals surface area contributed by atoms with Crippen LogP contribution in [0.1, 0.15) is 24.1 Å². The van der Waals surface area contributed by atoms with Crippen LogP contribution in [0.3, 0.4) is 0 Å². The summed E-state index contributed by atoms with van der Waals surface area (Å²) in [4.78, 5) is 19.0. The molecule has 156 valence electrons. The predicted molar refractivity (Wildman–Crippen MR) is 121 cm³/mol. The molecule has 0 aromatic heterocycles. The third-order valence-electron chi connectivity index (χ3n) is 5.60. The second-order valence-electron chi connectivity index (χ2n) is 7.69. The van der Waals surface area contributed by atoms with Gasteiger partial charge in [-0.3, -0.25) is 0 Å². The van der Waals surface area contributed by atoms with Crippen LogP contribution in [0.25, 0.3) is 0 Å². The number of nitrogens with zero attached hydrogens (tertiary/aromatic N) is 3. The van der Waals surface area contributed by atoms with Gasteiger partial charge in [0.25, 0.3) is 0 Å². The van der Waals surface area contributed by atoms with E-state index in [1.165, 1.54) is 11.1 Å². The van der Waals surface area contributed by atoms with E-state index in [1.807, 2.05) is 43.3 Å². The quantitative estimate of drug-likeness (QED) is 0.775. The zero-order valence-electron chi connectivity index (χ0n) is 17.6. The molecular weight excluding hydrogens is 384 g/mol. The van der Waals surface area contributed by atoms with Gasteiger partial charge in [-0.15, -0.1) is 0 Å². The molecule has 0 radical (unpaired) electrons. The van der Waals surface area contributed by atoms with Gasteiger partial charge in [0.05, 0.1) is 16.8 Å². The van der Waals surface area contributed by atoms with E-state index >= 15 is 0 Å². The SMILES string of the molecule is CCc1ccc(C(CNC(=O)N2CCN(c3ccccc3Cl)CC2)N(C)C)cc1. The number of benzene rings is 2. The number of carbonyl (C=O) groups excluding carboxylic acids is 1. The summed E-state index contributed by atoms with van der Waals surface area (Å²) >= 11 is 6.31. The second kappa shape index (κ2) is 9.99. The van der Waals surface area contributed by atoms with Crippen molar-refractivity contribution in [2.24, 2.45) is 0 Å². The number of nitrogens with one attached hydrogen (secondary N) is 1. The van der Waals surface area contributed by atoms with E-state index in [-0.39, 0.29) is 12.1 Å². The fraction of sp³-hybridized carbons (Fsp3) is 0.435. The molecule has 6 heteroatoms. The lowest BCUT2D eigenvalue weighted by molar-refractivity contribution is 0.189. The summed E-state index contributed by atoms with van der Waals surface area (Å²) in [5.74, 6) is 0. The summed E-state index contributed by atoms with van der Waals surface area (Å²) in [5.41, 5.74) is 3.58. The first-order valence-corrected chi connectivity index (χ1v) is 10.6. The second-order valence-corrected chi connectivity index (χ2v) is 8.09. The molecule has 0 spiro atoms. The molecule has 1 fully saturated rings. The van der Waals surface area contributed by atoms with Crippen LogP contribution >= 0.6 is 11.6 Å². The van der Waals surface area contributed by atoms with Crippen LogP contribution in [-0.2, 0) is 6.42 Å². The van der Waals surface area contributed by atoms with Crippen molar-refractivity contribution in [1.82, 2.24) is 15.1 Å². The summed E-state index contributed by atoms with van der Waals surface area (Å²) in [5, 5.41) is 3.89.